The Bertz CT molecular complexity index is 604. The second-order valence-corrected chi connectivity index (χ2v) is 5.56. The van der Waals surface area contributed by atoms with Gasteiger partial charge in [0.1, 0.15) is 0 Å². The molecular weight excluding hydrogens is 264 g/mol. The molecule has 4 heteroatoms. The summed E-state index contributed by atoms with van der Waals surface area (Å²) in [5, 5.41) is 10.6. The molecule has 2 rings (SSSR count). The number of hydrogen-bond donors (Lipinski definition) is 1. The first-order valence-electron chi connectivity index (χ1n) is 7.06. The summed E-state index contributed by atoms with van der Waals surface area (Å²) in [6.07, 6.45) is 0.666. The van der Waals surface area contributed by atoms with E-state index in [9.17, 15) is 10.1 Å². The summed E-state index contributed by atoms with van der Waals surface area (Å²) >= 11 is 0. The molecule has 0 amide bonds. The lowest BCUT2D eigenvalue weighted by molar-refractivity contribution is -0.384. The summed E-state index contributed by atoms with van der Waals surface area (Å²) in [6.45, 7) is 4.32. The number of benzene rings is 2. The van der Waals surface area contributed by atoms with Crippen LogP contribution in [0.1, 0.15) is 42.5 Å². The topological polar surface area (TPSA) is 69.2 Å². The molecule has 0 saturated heterocycles. The number of non-ortho nitro benzene ring substituents is 1. The Hall–Kier alpha value is -2.20. The zero-order valence-electron chi connectivity index (χ0n) is 12.3. The minimum Gasteiger partial charge on any atom is -0.324 e. The van der Waals surface area contributed by atoms with E-state index < -0.39 is 4.92 Å². The number of nitrogens with zero attached hydrogens (tertiary/aromatic N) is 1. The average Bonchev–Trinajstić information content (AvgIpc) is 2.47. The van der Waals surface area contributed by atoms with Crippen LogP contribution in [0, 0.1) is 10.1 Å². The van der Waals surface area contributed by atoms with E-state index in [2.05, 4.69) is 38.1 Å². The van der Waals surface area contributed by atoms with Gasteiger partial charge < -0.3 is 5.73 Å². The predicted octanol–water partition coefficient (Wildman–Crippen LogP) is 3.96. The number of nitro benzene ring substituents is 1. The summed E-state index contributed by atoms with van der Waals surface area (Å²) in [4.78, 5) is 10.2. The number of hydrogen-bond acceptors (Lipinski definition) is 3. The first-order chi connectivity index (χ1) is 9.97. The summed E-state index contributed by atoms with van der Waals surface area (Å²) in [5.41, 5.74) is 9.70. The van der Waals surface area contributed by atoms with Crippen molar-refractivity contribution in [3.63, 3.8) is 0 Å². The molecule has 21 heavy (non-hydrogen) atoms. The molecule has 110 valence electrons. The Morgan fingerprint density at radius 2 is 1.52 bits per heavy atom. The zero-order chi connectivity index (χ0) is 15.4. The largest absolute Gasteiger partial charge is 0.324 e. The standard InChI is InChI=1S/C17H20N2O2/c1-12(2)14-5-7-15(8-6-14)17(18)11-13-3-9-16(10-4-13)19(20)21/h3-10,12,17H,11,18H2,1-2H3. The Morgan fingerprint density at radius 1 is 1.00 bits per heavy atom. The fraction of sp³-hybridized carbons (Fsp3) is 0.294. The summed E-state index contributed by atoms with van der Waals surface area (Å²) in [7, 11) is 0. The Labute approximate surface area is 124 Å². The maximum Gasteiger partial charge on any atom is 0.269 e. The van der Waals surface area contributed by atoms with Crippen molar-refractivity contribution < 1.29 is 4.92 Å². The molecule has 2 N–H and O–H groups in total. The molecule has 0 heterocycles. The lowest BCUT2D eigenvalue weighted by Gasteiger charge is -2.13. The SMILES string of the molecule is CC(C)c1ccc(C(N)Cc2ccc([N+](=O)[O-])cc2)cc1. The van der Waals surface area contributed by atoms with E-state index in [-0.39, 0.29) is 11.7 Å². The van der Waals surface area contributed by atoms with Crippen LogP contribution >= 0.6 is 0 Å². The minimum absolute atomic E-state index is 0.104. The van der Waals surface area contributed by atoms with Gasteiger partial charge in [0.25, 0.3) is 5.69 Å². The van der Waals surface area contributed by atoms with Crippen LogP contribution in [0.2, 0.25) is 0 Å². The Balaban J connectivity index is 2.06. The molecule has 0 radical (unpaired) electrons. The molecule has 0 fully saturated rings. The molecule has 0 bridgehead atoms. The predicted molar refractivity (Wildman–Crippen MR) is 84.3 cm³/mol. The molecule has 4 nitrogen and oxygen atoms in total. The van der Waals surface area contributed by atoms with E-state index in [0.717, 1.165) is 11.1 Å². The zero-order valence-corrected chi connectivity index (χ0v) is 12.3. The van der Waals surface area contributed by atoms with Gasteiger partial charge in [-0.15, -0.1) is 0 Å². The second-order valence-electron chi connectivity index (χ2n) is 5.56. The van der Waals surface area contributed by atoms with E-state index in [4.69, 9.17) is 5.73 Å². The Kier molecular flexibility index (Phi) is 4.70. The molecule has 0 aliphatic heterocycles. The van der Waals surface area contributed by atoms with Gasteiger partial charge in [-0.25, -0.2) is 0 Å². The van der Waals surface area contributed by atoms with E-state index in [1.165, 1.54) is 17.7 Å². The molecule has 1 unspecified atom stereocenters. The maximum atomic E-state index is 10.6. The van der Waals surface area contributed by atoms with Crippen molar-refractivity contribution in [1.29, 1.82) is 0 Å². The van der Waals surface area contributed by atoms with Gasteiger partial charge in [-0.05, 0) is 29.0 Å². The molecule has 0 spiro atoms. The highest BCUT2D eigenvalue weighted by Crippen LogP contribution is 2.21. The van der Waals surface area contributed by atoms with Gasteiger partial charge >= 0.3 is 0 Å². The van der Waals surface area contributed by atoms with Crippen LogP contribution in [0.25, 0.3) is 0 Å². The van der Waals surface area contributed by atoms with Gasteiger partial charge in [0.15, 0.2) is 0 Å². The summed E-state index contributed by atoms with van der Waals surface area (Å²) in [6, 6.07) is 14.8. The van der Waals surface area contributed by atoms with Crippen molar-refractivity contribution in [3.8, 4) is 0 Å². The second kappa shape index (κ2) is 6.50. The third-order valence-electron chi connectivity index (χ3n) is 3.63. The molecule has 0 aromatic heterocycles. The third-order valence-corrected chi connectivity index (χ3v) is 3.63. The molecular formula is C17H20N2O2. The van der Waals surface area contributed by atoms with Crippen molar-refractivity contribution in [3.05, 3.63) is 75.3 Å². The minimum atomic E-state index is -0.394. The van der Waals surface area contributed by atoms with Crippen molar-refractivity contribution >= 4 is 5.69 Å². The van der Waals surface area contributed by atoms with Crippen LogP contribution < -0.4 is 5.73 Å². The van der Waals surface area contributed by atoms with E-state index in [0.29, 0.717) is 12.3 Å². The van der Waals surface area contributed by atoms with E-state index in [1.54, 1.807) is 12.1 Å². The smallest absolute Gasteiger partial charge is 0.269 e. The molecule has 2 aromatic rings. The van der Waals surface area contributed by atoms with E-state index in [1.807, 2.05) is 0 Å². The number of nitro groups is 1. The van der Waals surface area contributed by atoms with Crippen LogP contribution in [0.5, 0.6) is 0 Å². The lowest BCUT2D eigenvalue weighted by atomic mass is 9.96. The Morgan fingerprint density at radius 3 is 2.00 bits per heavy atom. The van der Waals surface area contributed by atoms with Gasteiger partial charge in [0.05, 0.1) is 4.92 Å². The van der Waals surface area contributed by atoms with Crippen molar-refractivity contribution in [2.24, 2.45) is 5.73 Å². The van der Waals surface area contributed by atoms with Crippen LogP contribution in [0.4, 0.5) is 5.69 Å². The van der Waals surface area contributed by atoms with Gasteiger partial charge in [-0.1, -0.05) is 50.2 Å². The fourth-order valence-corrected chi connectivity index (χ4v) is 2.25. The number of rotatable bonds is 5. The third kappa shape index (κ3) is 3.89. The molecule has 1 atom stereocenters. The van der Waals surface area contributed by atoms with Crippen LogP contribution in [0.3, 0.4) is 0 Å². The molecule has 0 aliphatic rings. The fourth-order valence-electron chi connectivity index (χ4n) is 2.25. The first kappa shape index (κ1) is 15.2. The van der Waals surface area contributed by atoms with Crippen LogP contribution in [0.15, 0.2) is 48.5 Å². The molecule has 0 saturated carbocycles. The van der Waals surface area contributed by atoms with Gasteiger partial charge in [0, 0.05) is 18.2 Å². The highest BCUT2D eigenvalue weighted by atomic mass is 16.6. The van der Waals surface area contributed by atoms with Gasteiger partial charge in [0.2, 0.25) is 0 Å². The lowest BCUT2D eigenvalue weighted by Crippen LogP contribution is -2.13. The van der Waals surface area contributed by atoms with E-state index >= 15 is 0 Å². The maximum absolute atomic E-state index is 10.6. The normalized spacial score (nSPS) is 12.4. The van der Waals surface area contributed by atoms with Crippen LogP contribution in [-0.4, -0.2) is 4.92 Å². The molecule has 0 aliphatic carbocycles. The highest BCUT2D eigenvalue weighted by molar-refractivity contribution is 5.34. The quantitative estimate of drug-likeness (QED) is 0.667. The van der Waals surface area contributed by atoms with Crippen molar-refractivity contribution in [2.75, 3.05) is 0 Å². The average molecular weight is 284 g/mol. The van der Waals surface area contributed by atoms with Crippen molar-refractivity contribution in [1.82, 2.24) is 0 Å². The highest BCUT2D eigenvalue weighted by Gasteiger charge is 2.10. The molecule has 2 aromatic carbocycles. The number of nitrogens with two attached hydrogens (primary N) is 1. The monoisotopic (exact) mass is 284 g/mol. The summed E-state index contributed by atoms with van der Waals surface area (Å²) < 4.78 is 0. The van der Waals surface area contributed by atoms with Gasteiger partial charge in [-0.3, -0.25) is 10.1 Å². The van der Waals surface area contributed by atoms with Gasteiger partial charge in [-0.2, -0.15) is 0 Å². The van der Waals surface area contributed by atoms with Crippen LogP contribution in [-0.2, 0) is 6.42 Å². The van der Waals surface area contributed by atoms with Crippen molar-refractivity contribution in [2.45, 2.75) is 32.2 Å². The first-order valence-corrected chi connectivity index (χ1v) is 7.06. The summed E-state index contributed by atoms with van der Waals surface area (Å²) in [5.74, 6) is 0.505.